The zero-order chi connectivity index (χ0) is 15.7. The molecule has 4 nitrogen and oxygen atoms in total. The maximum Gasteiger partial charge on any atom is 0.207 e. The summed E-state index contributed by atoms with van der Waals surface area (Å²) in [5, 5.41) is 0. The molecule has 1 unspecified atom stereocenters. The summed E-state index contributed by atoms with van der Waals surface area (Å²) in [5.74, 6) is 0.616. The lowest BCUT2D eigenvalue weighted by atomic mass is 10.2. The molecule has 1 heterocycles. The summed E-state index contributed by atoms with van der Waals surface area (Å²) in [4.78, 5) is 0.505. The number of halogens is 1. The minimum absolute atomic E-state index is 0.162. The second-order valence-corrected chi connectivity index (χ2v) is 7.95. The van der Waals surface area contributed by atoms with Crippen molar-refractivity contribution < 1.29 is 17.9 Å². The van der Waals surface area contributed by atoms with Gasteiger partial charge < -0.3 is 9.47 Å². The van der Waals surface area contributed by atoms with Crippen molar-refractivity contribution in [3.63, 3.8) is 0 Å². The van der Waals surface area contributed by atoms with Crippen molar-refractivity contribution in [1.82, 2.24) is 0 Å². The Hall–Kier alpha value is -1.37. The number of hydrogen-bond donors (Lipinski definition) is 0. The van der Waals surface area contributed by atoms with E-state index in [1.54, 1.807) is 42.5 Å². The Bertz CT molecular complexity index is 780. The number of benzene rings is 2. The van der Waals surface area contributed by atoms with Gasteiger partial charge in [0.05, 0.1) is 16.4 Å². The molecule has 116 valence electrons. The van der Waals surface area contributed by atoms with Crippen LogP contribution in [0.15, 0.2) is 56.7 Å². The smallest absolute Gasteiger partial charge is 0.207 e. The van der Waals surface area contributed by atoms with Crippen LogP contribution >= 0.6 is 15.9 Å². The Morgan fingerprint density at radius 3 is 2.50 bits per heavy atom. The maximum absolute atomic E-state index is 12.7. The van der Waals surface area contributed by atoms with Crippen molar-refractivity contribution in [3.8, 4) is 5.75 Å². The highest BCUT2D eigenvalue weighted by Crippen LogP contribution is 2.31. The lowest BCUT2D eigenvalue weighted by Gasteiger charge is -2.10. The fourth-order valence-corrected chi connectivity index (χ4v) is 4.30. The van der Waals surface area contributed by atoms with Crippen molar-refractivity contribution in [2.75, 3.05) is 13.2 Å². The van der Waals surface area contributed by atoms with E-state index in [2.05, 4.69) is 15.9 Å². The molecule has 1 aliphatic rings. The van der Waals surface area contributed by atoms with Crippen molar-refractivity contribution in [2.45, 2.75) is 22.8 Å². The number of aryl methyl sites for hydroxylation is 1. The van der Waals surface area contributed by atoms with Gasteiger partial charge in [0, 0.05) is 4.47 Å². The normalized spacial score (nSPS) is 17.3. The molecule has 3 rings (SSSR count). The van der Waals surface area contributed by atoms with Gasteiger partial charge in [-0.25, -0.2) is 8.42 Å². The topological polar surface area (TPSA) is 55.9 Å². The van der Waals surface area contributed by atoms with Gasteiger partial charge in [0.1, 0.15) is 18.5 Å². The summed E-state index contributed by atoms with van der Waals surface area (Å²) in [7, 11) is -3.55. The van der Waals surface area contributed by atoms with Crippen LogP contribution in [0.1, 0.15) is 5.56 Å². The highest BCUT2D eigenvalue weighted by Gasteiger charge is 2.24. The SMILES string of the molecule is Cc1ccc(S(=O)(=O)c2ccc(OCC3CO3)cc2Br)cc1. The Morgan fingerprint density at radius 1 is 1.23 bits per heavy atom. The van der Waals surface area contributed by atoms with Crippen LogP contribution in [0.4, 0.5) is 0 Å². The van der Waals surface area contributed by atoms with Crippen LogP contribution in [0.2, 0.25) is 0 Å². The Labute approximate surface area is 138 Å². The minimum atomic E-state index is -3.55. The Balaban J connectivity index is 1.87. The van der Waals surface area contributed by atoms with E-state index in [9.17, 15) is 8.42 Å². The van der Waals surface area contributed by atoms with Crippen LogP contribution in [-0.4, -0.2) is 27.7 Å². The van der Waals surface area contributed by atoms with E-state index >= 15 is 0 Å². The second kappa shape index (κ2) is 6.02. The van der Waals surface area contributed by atoms with E-state index in [1.165, 1.54) is 0 Å². The molecule has 1 atom stereocenters. The molecule has 0 aliphatic carbocycles. The monoisotopic (exact) mass is 382 g/mol. The lowest BCUT2D eigenvalue weighted by Crippen LogP contribution is -2.06. The van der Waals surface area contributed by atoms with Gasteiger partial charge in [-0.3, -0.25) is 0 Å². The lowest BCUT2D eigenvalue weighted by molar-refractivity contribution is 0.263. The molecule has 2 aromatic rings. The first kappa shape index (κ1) is 15.5. The van der Waals surface area contributed by atoms with Crippen molar-refractivity contribution in [2.24, 2.45) is 0 Å². The average Bonchev–Trinajstić information content (AvgIpc) is 3.29. The van der Waals surface area contributed by atoms with Gasteiger partial charge in [-0.1, -0.05) is 17.7 Å². The number of epoxide rings is 1. The number of ether oxygens (including phenoxy) is 2. The molecule has 1 aliphatic heterocycles. The molecule has 0 saturated carbocycles. The molecule has 1 fully saturated rings. The zero-order valence-corrected chi connectivity index (χ0v) is 14.4. The predicted octanol–water partition coefficient (Wildman–Crippen LogP) is 3.37. The number of rotatable bonds is 5. The van der Waals surface area contributed by atoms with Crippen LogP contribution in [0.25, 0.3) is 0 Å². The zero-order valence-electron chi connectivity index (χ0n) is 12.0. The van der Waals surface area contributed by atoms with E-state index in [0.29, 0.717) is 16.8 Å². The molecule has 0 amide bonds. The number of hydrogen-bond acceptors (Lipinski definition) is 4. The Morgan fingerprint density at radius 2 is 1.91 bits per heavy atom. The van der Waals surface area contributed by atoms with Crippen LogP contribution in [-0.2, 0) is 14.6 Å². The van der Waals surface area contributed by atoms with Gasteiger partial charge in [0.2, 0.25) is 9.84 Å². The molecular formula is C16H15BrO4S. The third kappa shape index (κ3) is 3.34. The minimum Gasteiger partial charge on any atom is -0.491 e. The van der Waals surface area contributed by atoms with Gasteiger partial charge in [-0.2, -0.15) is 0 Å². The van der Waals surface area contributed by atoms with Gasteiger partial charge in [-0.05, 0) is 53.2 Å². The third-order valence-corrected chi connectivity index (χ3v) is 6.11. The molecule has 0 spiro atoms. The summed E-state index contributed by atoms with van der Waals surface area (Å²) in [6, 6.07) is 11.7. The molecule has 6 heteroatoms. The fraction of sp³-hybridized carbons (Fsp3) is 0.250. The van der Waals surface area contributed by atoms with Crippen molar-refractivity contribution >= 4 is 25.8 Å². The molecule has 0 radical (unpaired) electrons. The molecule has 2 aromatic carbocycles. The predicted molar refractivity (Wildman–Crippen MR) is 86.0 cm³/mol. The van der Waals surface area contributed by atoms with Gasteiger partial charge in [0.25, 0.3) is 0 Å². The Kier molecular flexibility index (Phi) is 4.25. The average molecular weight is 383 g/mol. The van der Waals surface area contributed by atoms with Crippen molar-refractivity contribution in [1.29, 1.82) is 0 Å². The van der Waals surface area contributed by atoms with Crippen LogP contribution in [0.5, 0.6) is 5.75 Å². The first-order chi connectivity index (χ1) is 10.5. The highest BCUT2D eigenvalue weighted by molar-refractivity contribution is 9.10. The first-order valence-electron chi connectivity index (χ1n) is 6.82. The van der Waals surface area contributed by atoms with Crippen molar-refractivity contribution in [3.05, 3.63) is 52.5 Å². The summed E-state index contributed by atoms with van der Waals surface area (Å²) in [5.41, 5.74) is 1.02. The quantitative estimate of drug-likeness (QED) is 0.743. The van der Waals surface area contributed by atoms with Crippen LogP contribution in [0.3, 0.4) is 0 Å². The largest absolute Gasteiger partial charge is 0.491 e. The van der Waals surface area contributed by atoms with E-state index in [0.717, 1.165) is 12.2 Å². The summed E-state index contributed by atoms with van der Waals surface area (Å²) < 4.78 is 36.4. The maximum atomic E-state index is 12.7. The van der Waals surface area contributed by atoms with Crippen LogP contribution in [0, 0.1) is 6.92 Å². The molecule has 1 saturated heterocycles. The standard InChI is InChI=1S/C16H15BrO4S/c1-11-2-5-14(6-3-11)22(18,19)16-7-4-12(8-15(16)17)20-9-13-10-21-13/h2-8,13H,9-10H2,1H3. The highest BCUT2D eigenvalue weighted by atomic mass is 79.9. The fourth-order valence-electron chi connectivity index (χ4n) is 1.99. The second-order valence-electron chi connectivity index (χ2n) is 5.18. The van der Waals surface area contributed by atoms with Gasteiger partial charge in [0.15, 0.2) is 0 Å². The van der Waals surface area contributed by atoms with E-state index < -0.39 is 9.84 Å². The molecule has 22 heavy (non-hydrogen) atoms. The van der Waals surface area contributed by atoms with E-state index in [1.807, 2.05) is 6.92 Å². The number of sulfone groups is 1. The third-order valence-electron chi connectivity index (χ3n) is 3.36. The summed E-state index contributed by atoms with van der Waals surface area (Å²) in [6.45, 7) is 3.12. The van der Waals surface area contributed by atoms with E-state index in [4.69, 9.17) is 9.47 Å². The van der Waals surface area contributed by atoms with Gasteiger partial charge >= 0.3 is 0 Å². The molecule has 0 N–H and O–H groups in total. The first-order valence-corrected chi connectivity index (χ1v) is 9.10. The summed E-state index contributed by atoms with van der Waals surface area (Å²) in [6.07, 6.45) is 0.162. The molecular weight excluding hydrogens is 368 g/mol. The summed E-state index contributed by atoms with van der Waals surface area (Å²) >= 11 is 3.33. The molecule has 0 aromatic heterocycles. The van der Waals surface area contributed by atoms with Gasteiger partial charge in [-0.15, -0.1) is 0 Å². The van der Waals surface area contributed by atoms with E-state index in [-0.39, 0.29) is 15.9 Å². The van der Waals surface area contributed by atoms with Crippen LogP contribution < -0.4 is 4.74 Å². The molecule has 0 bridgehead atoms.